The molecule has 1 atom stereocenters. The van der Waals surface area contributed by atoms with Crippen LogP contribution in [0.2, 0.25) is 0 Å². The highest BCUT2D eigenvalue weighted by molar-refractivity contribution is 6.00. The number of para-hydroxylation sites is 1. The van der Waals surface area contributed by atoms with Gasteiger partial charge in [-0.15, -0.1) is 12.4 Å². The maximum Gasteiger partial charge on any atom is 0.323 e. The third-order valence-corrected chi connectivity index (χ3v) is 4.32. The van der Waals surface area contributed by atoms with E-state index in [9.17, 15) is 9.59 Å². The second kappa shape index (κ2) is 9.22. The Hall–Kier alpha value is -2.57. The molecule has 1 saturated heterocycles. The summed E-state index contributed by atoms with van der Waals surface area (Å²) in [6.07, 6.45) is 0.974. The first-order valence-corrected chi connectivity index (χ1v) is 8.34. The molecule has 26 heavy (non-hydrogen) atoms. The Morgan fingerprint density at radius 1 is 1.00 bits per heavy atom. The fraction of sp³-hybridized carbons (Fsp3) is 0.263. The van der Waals surface area contributed by atoms with E-state index in [0.29, 0.717) is 11.3 Å². The van der Waals surface area contributed by atoms with E-state index >= 15 is 0 Å². The molecule has 1 aliphatic heterocycles. The molecule has 7 heteroatoms. The highest BCUT2D eigenvalue weighted by Crippen LogP contribution is 2.15. The maximum absolute atomic E-state index is 12.5. The number of carbonyl (C=O) groups is 2. The number of benzene rings is 2. The fourth-order valence-electron chi connectivity index (χ4n) is 2.85. The lowest BCUT2D eigenvalue weighted by Gasteiger charge is -2.23. The Bertz CT molecular complexity index is 731. The zero-order valence-electron chi connectivity index (χ0n) is 14.6. The molecule has 0 saturated carbocycles. The molecule has 138 valence electrons. The van der Waals surface area contributed by atoms with E-state index in [1.165, 1.54) is 0 Å². The Morgan fingerprint density at radius 2 is 1.62 bits per heavy atom. The maximum atomic E-state index is 12.5. The standard InChI is InChI=1S/C19H22N4O2.ClH/c1-23(17-11-12-20-13-17)18(24)14-7-9-16(10-8-14)22-19(25)21-15-5-3-2-4-6-15;/h2-10,17,20H,11-13H2,1H3,(H2,21,22,25);1H. The van der Waals surface area contributed by atoms with E-state index in [1.54, 1.807) is 29.2 Å². The van der Waals surface area contributed by atoms with Crippen LogP contribution in [0.5, 0.6) is 0 Å². The molecule has 0 aromatic heterocycles. The first-order chi connectivity index (χ1) is 12.1. The van der Waals surface area contributed by atoms with Crippen LogP contribution in [-0.4, -0.2) is 43.0 Å². The zero-order valence-corrected chi connectivity index (χ0v) is 15.4. The van der Waals surface area contributed by atoms with E-state index in [0.717, 1.165) is 25.2 Å². The minimum Gasteiger partial charge on any atom is -0.337 e. The third-order valence-electron chi connectivity index (χ3n) is 4.32. The number of hydrogen-bond acceptors (Lipinski definition) is 3. The van der Waals surface area contributed by atoms with E-state index in [4.69, 9.17) is 0 Å². The van der Waals surface area contributed by atoms with Gasteiger partial charge in [-0.1, -0.05) is 18.2 Å². The molecule has 1 unspecified atom stereocenters. The average molecular weight is 375 g/mol. The molecule has 2 aromatic rings. The van der Waals surface area contributed by atoms with Crippen LogP contribution in [0, 0.1) is 0 Å². The van der Waals surface area contributed by atoms with Gasteiger partial charge in [-0.25, -0.2) is 4.79 Å². The summed E-state index contributed by atoms with van der Waals surface area (Å²) >= 11 is 0. The molecule has 1 heterocycles. The van der Waals surface area contributed by atoms with E-state index < -0.39 is 0 Å². The highest BCUT2D eigenvalue weighted by Gasteiger charge is 2.23. The Morgan fingerprint density at radius 3 is 2.19 bits per heavy atom. The summed E-state index contributed by atoms with van der Waals surface area (Å²) in [5.41, 5.74) is 1.97. The minimum atomic E-state index is -0.320. The second-order valence-electron chi connectivity index (χ2n) is 6.09. The number of hydrogen-bond donors (Lipinski definition) is 3. The van der Waals surface area contributed by atoms with Gasteiger partial charge in [0.2, 0.25) is 0 Å². The van der Waals surface area contributed by atoms with Crippen molar-refractivity contribution in [3.8, 4) is 0 Å². The number of amides is 3. The molecule has 3 amide bonds. The molecular formula is C19H23ClN4O2. The summed E-state index contributed by atoms with van der Waals surface area (Å²) in [7, 11) is 1.83. The molecule has 0 aliphatic carbocycles. The monoisotopic (exact) mass is 374 g/mol. The van der Waals surface area contributed by atoms with E-state index in [-0.39, 0.29) is 30.4 Å². The van der Waals surface area contributed by atoms with Crippen LogP contribution in [0.25, 0.3) is 0 Å². The van der Waals surface area contributed by atoms with Crippen molar-refractivity contribution < 1.29 is 9.59 Å². The first kappa shape index (κ1) is 19.8. The molecule has 3 N–H and O–H groups in total. The fourth-order valence-corrected chi connectivity index (χ4v) is 2.85. The Labute approximate surface area is 159 Å². The van der Waals surface area contributed by atoms with Gasteiger partial charge in [0.25, 0.3) is 5.91 Å². The zero-order chi connectivity index (χ0) is 17.6. The van der Waals surface area contributed by atoms with Crippen molar-refractivity contribution in [3.63, 3.8) is 0 Å². The number of anilines is 2. The number of nitrogens with zero attached hydrogens (tertiary/aromatic N) is 1. The molecule has 3 rings (SSSR count). The molecular weight excluding hydrogens is 352 g/mol. The van der Waals surface area contributed by atoms with Gasteiger partial charge in [0.15, 0.2) is 0 Å². The average Bonchev–Trinajstić information content (AvgIpc) is 3.16. The van der Waals surface area contributed by atoms with Gasteiger partial charge in [-0.2, -0.15) is 0 Å². The molecule has 2 aromatic carbocycles. The summed E-state index contributed by atoms with van der Waals surface area (Å²) in [5.74, 6) is -0.00557. The van der Waals surface area contributed by atoms with Crippen LogP contribution in [0.1, 0.15) is 16.8 Å². The number of likely N-dealkylation sites (N-methyl/N-ethyl adjacent to an activating group) is 1. The van der Waals surface area contributed by atoms with Gasteiger partial charge in [-0.3, -0.25) is 4.79 Å². The first-order valence-electron chi connectivity index (χ1n) is 8.34. The van der Waals surface area contributed by atoms with Crippen molar-refractivity contribution in [1.29, 1.82) is 0 Å². The summed E-state index contributed by atoms with van der Waals surface area (Å²) in [6, 6.07) is 16.1. The van der Waals surface area contributed by atoms with Crippen molar-refractivity contribution >= 4 is 35.7 Å². The van der Waals surface area contributed by atoms with E-state index in [2.05, 4.69) is 16.0 Å². The number of carbonyl (C=O) groups excluding carboxylic acids is 2. The number of halogens is 1. The van der Waals surface area contributed by atoms with Gasteiger partial charge in [0.05, 0.1) is 0 Å². The van der Waals surface area contributed by atoms with Crippen LogP contribution in [0.15, 0.2) is 54.6 Å². The molecule has 6 nitrogen and oxygen atoms in total. The van der Waals surface area contributed by atoms with Gasteiger partial charge in [-0.05, 0) is 49.4 Å². The van der Waals surface area contributed by atoms with E-state index in [1.807, 2.05) is 37.4 Å². The SMILES string of the molecule is CN(C(=O)c1ccc(NC(=O)Nc2ccccc2)cc1)C1CCNC1.Cl. The highest BCUT2D eigenvalue weighted by atomic mass is 35.5. The van der Waals surface area contributed by atoms with Crippen molar-refractivity contribution in [2.75, 3.05) is 30.8 Å². The van der Waals surface area contributed by atoms with Crippen LogP contribution in [0.4, 0.5) is 16.2 Å². The predicted molar refractivity (Wildman–Crippen MR) is 106 cm³/mol. The quantitative estimate of drug-likeness (QED) is 0.769. The van der Waals surface area contributed by atoms with Crippen LogP contribution >= 0.6 is 12.4 Å². The lowest BCUT2D eigenvalue weighted by atomic mass is 10.1. The van der Waals surface area contributed by atoms with Gasteiger partial charge in [0, 0.05) is 36.6 Å². The van der Waals surface area contributed by atoms with Crippen LogP contribution < -0.4 is 16.0 Å². The second-order valence-corrected chi connectivity index (χ2v) is 6.09. The largest absolute Gasteiger partial charge is 0.337 e. The minimum absolute atomic E-state index is 0. The van der Waals surface area contributed by atoms with Crippen molar-refractivity contribution in [2.24, 2.45) is 0 Å². The van der Waals surface area contributed by atoms with Crippen LogP contribution in [-0.2, 0) is 0 Å². The smallest absolute Gasteiger partial charge is 0.323 e. The van der Waals surface area contributed by atoms with Gasteiger partial charge in [0.1, 0.15) is 0 Å². The Kier molecular flexibility index (Phi) is 7.00. The molecule has 0 bridgehead atoms. The molecule has 1 aliphatic rings. The number of rotatable bonds is 4. The summed E-state index contributed by atoms with van der Waals surface area (Å²) < 4.78 is 0. The lowest BCUT2D eigenvalue weighted by molar-refractivity contribution is 0.0744. The van der Waals surface area contributed by atoms with Gasteiger partial charge < -0.3 is 20.9 Å². The lowest BCUT2D eigenvalue weighted by Crippen LogP contribution is -2.38. The summed E-state index contributed by atoms with van der Waals surface area (Å²) in [6.45, 7) is 1.78. The summed E-state index contributed by atoms with van der Waals surface area (Å²) in [5, 5.41) is 8.77. The topological polar surface area (TPSA) is 73.5 Å². The number of nitrogens with one attached hydrogen (secondary N) is 3. The molecule has 1 fully saturated rings. The van der Waals surface area contributed by atoms with Crippen LogP contribution in [0.3, 0.4) is 0 Å². The number of urea groups is 1. The van der Waals surface area contributed by atoms with Crippen molar-refractivity contribution in [3.05, 3.63) is 60.2 Å². The van der Waals surface area contributed by atoms with Crippen molar-refractivity contribution in [1.82, 2.24) is 10.2 Å². The Balaban J connectivity index is 0.00000243. The molecule has 0 radical (unpaired) electrons. The summed E-state index contributed by atoms with van der Waals surface area (Å²) in [4.78, 5) is 26.3. The van der Waals surface area contributed by atoms with Gasteiger partial charge >= 0.3 is 6.03 Å². The third kappa shape index (κ3) is 4.97. The normalized spacial score (nSPS) is 15.7. The van der Waals surface area contributed by atoms with Crippen molar-refractivity contribution in [2.45, 2.75) is 12.5 Å². The molecule has 0 spiro atoms. The predicted octanol–water partition coefficient (Wildman–Crippen LogP) is 3.19.